The molecular formula is C24H24BNO4. The molecule has 0 amide bonds. The highest BCUT2D eigenvalue weighted by atomic mass is 16.6. The molecule has 2 atom stereocenters. The predicted octanol–water partition coefficient (Wildman–Crippen LogP) is 5.13. The number of para-hydroxylation sites is 1. The summed E-state index contributed by atoms with van der Waals surface area (Å²) in [6.45, 7) is 6.16. The van der Waals surface area contributed by atoms with Crippen LogP contribution in [0.2, 0.25) is 0 Å². The average molecular weight is 401 g/mol. The Balaban J connectivity index is 1.78. The Morgan fingerprint density at radius 3 is 2.17 bits per heavy atom. The molecule has 1 saturated heterocycles. The molecule has 6 heteroatoms. The molecule has 2 unspecified atom stereocenters. The maximum Gasteiger partial charge on any atom is 0.495 e. The Morgan fingerprint density at radius 2 is 1.50 bits per heavy atom. The topological polar surface area (TPSA) is 61.6 Å². The minimum absolute atomic E-state index is 0.0762. The van der Waals surface area contributed by atoms with Gasteiger partial charge in [0.1, 0.15) is 0 Å². The summed E-state index contributed by atoms with van der Waals surface area (Å²) < 4.78 is 12.8. The summed E-state index contributed by atoms with van der Waals surface area (Å²) in [7, 11) is -0.602. The second-order valence-electron chi connectivity index (χ2n) is 7.86. The lowest BCUT2D eigenvalue weighted by Crippen LogP contribution is -2.45. The van der Waals surface area contributed by atoms with Gasteiger partial charge in [-0.3, -0.25) is 10.1 Å². The standard InChI is InChI=1S/C24H24BNO4/c1-16-13-17(2)24(18(3)14-16)25-29-22(19-9-5-4-6-10-19)15-23(30-25)20-11-7-8-12-21(20)26(27)28/h4-14,22-23H,15H2,1-3H3. The van der Waals surface area contributed by atoms with Gasteiger partial charge in [-0.1, -0.05) is 71.3 Å². The van der Waals surface area contributed by atoms with Gasteiger partial charge in [-0.15, -0.1) is 0 Å². The molecule has 3 aromatic carbocycles. The minimum atomic E-state index is -0.602. The Bertz CT molecular complexity index is 1050. The van der Waals surface area contributed by atoms with E-state index in [0.717, 1.165) is 22.2 Å². The number of benzene rings is 3. The number of nitro benzene ring substituents is 1. The smallest absolute Gasteiger partial charge is 0.400 e. The van der Waals surface area contributed by atoms with Crippen LogP contribution in [0.1, 0.15) is 46.4 Å². The third kappa shape index (κ3) is 4.02. The van der Waals surface area contributed by atoms with Gasteiger partial charge in [0.15, 0.2) is 0 Å². The van der Waals surface area contributed by atoms with E-state index < -0.39 is 13.2 Å². The number of hydrogen-bond acceptors (Lipinski definition) is 4. The van der Waals surface area contributed by atoms with Gasteiger partial charge in [0, 0.05) is 12.5 Å². The van der Waals surface area contributed by atoms with Crippen LogP contribution < -0.4 is 5.46 Å². The molecule has 5 nitrogen and oxygen atoms in total. The zero-order valence-corrected chi connectivity index (χ0v) is 17.4. The number of nitro groups is 1. The fourth-order valence-electron chi connectivity index (χ4n) is 4.34. The average Bonchev–Trinajstić information content (AvgIpc) is 2.73. The van der Waals surface area contributed by atoms with Gasteiger partial charge >= 0.3 is 7.12 Å². The highest BCUT2D eigenvalue weighted by molar-refractivity contribution is 6.62. The van der Waals surface area contributed by atoms with E-state index in [0.29, 0.717) is 12.0 Å². The van der Waals surface area contributed by atoms with E-state index in [2.05, 4.69) is 19.1 Å². The van der Waals surface area contributed by atoms with Crippen LogP contribution in [0.15, 0.2) is 66.7 Å². The lowest BCUT2D eigenvalue weighted by Gasteiger charge is -2.35. The molecule has 30 heavy (non-hydrogen) atoms. The van der Waals surface area contributed by atoms with Crippen molar-refractivity contribution in [1.29, 1.82) is 0 Å². The van der Waals surface area contributed by atoms with Crippen LogP contribution in [0.4, 0.5) is 5.69 Å². The summed E-state index contributed by atoms with van der Waals surface area (Å²) in [5.74, 6) is 0. The minimum Gasteiger partial charge on any atom is -0.400 e. The zero-order valence-electron chi connectivity index (χ0n) is 17.4. The third-order valence-electron chi connectivity index (χ3n) is 5.63. The summed E-state index contributed by atoms with van der Waals surface area (Å²) in [5.41, 5.74) is 6.05. The molecule has 1 fully saturated rings. The summed E-state index contributed by atoms with van der Waals surface area (Å²) in [6, 6.07) is 21.0. The molecule has 4 rings (SSSR count). The van der Waals surface area contributed by atoms with Crippen molar-refractivity contribution in [2.24, 2.45) is 0 Å². The summed E-state index contributed by atoms with van der Waals surface area (Å²) in [6.07, 6.45) is -0.166. The van der Waals surface area contributed by atoms with E-state index in [1.165, 1.54) is 11.6 Å². The first kappa shape index (κ1) is 20.3. The van der Waals surface area contributed by atoms with Crippen molar-refractivity contribution in [2.75, 3.05) is 0 Å². The van der Waals surface area contributed by atoms with Gasteiger partial charge < -0.3 is 9.31 Å². The van der Waals surface area contributed by atoms with Crippen LogP contribution in [0.5, 0.6) is 0 Å². The monoisotopic (exact) mass is 401 g/mol. The predicted molar refractivity (Wildman–Crippen MR) is 118 cm³/mol. The van der Waals surface area contributed by atoms with Gasteiger partial charge in [-0.2, -0.15) is 0 Å². The zero-order chi connectivity index (χ0) is 21.3. The van der Waals surface area contributed by atoms with Crippen molar-refractivity contribution < 1.29 is 14.2 Å². The van der Waals surface area contributed by atoms with E-state index in [-0.39, 0.29) is 16.7 Å². The van der Waals surface area contributed by atoms with Gasteiger partial charge in [0.2, 0.25) is 0 Å². The van der Waals surface area contributed by atoms with E-state index in [9.17, 15) is 10.1 Å². The first-order valence-electron chi connectivity index (χ1n) is 10.1. The number of rotatable bonds is 4. The second-order valence-corrected chi connectivity index (χ2v) is 7.86. The molecule has 0 aromatic heterocycles. The molecule has 152 valence electrons. The van der Waals surface area contributed by atoms with Gasteiger partial charge in [-0.05, 0) is 37.9 Å². The summed E-state index contributed by atoms with van der Waals surface area (Å²) >= 11 is 0. The van der Waals surface area contributed by atoms with Crippen molar-refractivity contribution in [2.45, 2.75) is 39.4 Å². The van der Waals surface area contributed by atoms with Crippen LogP contribution >= 0.6 is 0 Å². The summed E-state index contributed by atoms with van der Waals surface area (Å²) in [5, 5.41) is 11.6. The van der Waals surface area contributed by atoms with Crippen molar-refractivity contribution in [1.82, 2.24) is 0 Å². The van der Waals surface area contributed by atoms with Crippen LogP contribution in [0.3, 0.4) is 0 Å². The first-order valence-corrected chi connectivity index (χ1v) is 10.1. The number of nitrogens with zero attached hydrogens (tertiary/aromatic N) is 1. The third-order valence-corrected chi connectivity index (χ3v) is 5.63. The molecule has 1 aliphatic heterocycles. The van der Waals surface area contributed by atoms with Crippen molar-refractivity contribution >= 4 is 18.3 Å². The summed E-state index contributed by atoms with van der Waals surface area (Å²) in [4.78, 5) is 11.3. The molecule has 0 radical (unpaired) electrons. The van der Waals surface area contributed by atoms with Crippen molar-refractivity contribution in [3.63, 3.8) is 0 Å². The van der Waals surface area contributed by atoms with Crippen LogP contribution in [-0.4, -0.2) is 12.0 Å². The van der Waals surface area contributed by atoms with Gasteiger partial charge in [-0.25, -0.2) is 0 Å². The normalized spacial score (nSPS) is 19.0. The molecule has 3 aromatic rings. The highest BCUT2D eigenvalue weighted by Crippen LogP contribution is 2.40. The highest BCUT2D eigenvalue weighted by Gasteiger charge is 2.40. The van der Waals surface area contributed by atoms with Gasteiger partial charge in [0.25, 0.3) is 5.69 Å². The van der Waals surface area contributed by atoms with Crippen LogP contribution in [0.25, 0.3) is 0 Å². The van der Waals surface area contributed by atoms with Crippen LogP contribution in [0, 0.1) is 30.9 Å². The number of aryl methyl sites for hydroxylation is 3. The Morgan fingerprint density at radius 1 is 0.900 bits per heavy atom. The molecule has 0 spiro atoms. The maximum atomic E-state index is 11.6. The molecule has 0 saturated carbocycles. The molecule has 1 aliphatic rings. The Labute approximate surface area is 177 Å². The van der Waals surface area contributed by atoms with E-state index in [4.69, 9.17) is 9.31 Å². The Hall–Kier alpha value is -2.96. The van der Waals surface area contributed by atoms with Crippen LogP contribution in [-0.2, 0) is 9.31 Å². The maximum absolute atomic E-state index is 11.6. The van der Waals surface area contributed by atoms with Crippen molar-refractivity contribution in [3.8, 4) is 0 Å². The quantitative estimate of drug-likeness (QED) is 0.345. The number of hydrogen-bond donors (Lipinski definition) is 0. The molecule has 0 N–H and O–H groups in total. The van der Waals surface area contributed by atoms with E-state index in [1.54, 1.807) is 12.1 Å². The first-order chi connectivity index (χ1) is 14.4. The lowest BCUT2D eigenvalue weighted by atomic mass is 9.70. The fraction of sp³-hybridized carbons (Fsp3) is 0.250. The van der Waals surface area contributed by atoms with Gasteiger partial charge in [0.05, 0.1) is 22.7 Å². The molecular weight excluding hydrogens is 377 g/mol. The van der Waals surface area contributed by atoms with E-state index in [1.807, 2.05) is 50.2 Å². The molecule has 0 bridgehead atoms. The fourth-order valence-corrected chi connectivity index (χ4v) is 4.34. The largest absolute Gasteiger partial charge is 0.495 e. The van der Waals surface area contributed by atoms with E-state index >= 15 is 0 Å². The van der Waals surface area contributed by atoms with Crippen molar-refractivity contribution in [3.05, 3.63) is 105 Å². The molecule has 0 aliphatic carbocycles. The SMILES string of the molecule is Cc1cc(C)c(B2OC(c3ccccc3)CC(c3ccccc3[N+](=O)[O-])O2)c(C)c1. The Kier molecular flexibility index (Phi) is 5.70. The second kappa shape index (κ2) is 8.42. The molecule has 1 heterocycles. The lowest BCUT2D eigenvalue weighted by molar-refractivity contribution is -0.386.